The quantitative estimate of drug-likeness (QED) is 0.728. The van der Waals surface area contributed by atoms with E-state index in [0.29, 0.717) is 12.3 Å². The van der Waals surface area contributed by atoms with Crippen molar-refractivity contribution in [1.82, 2.24) is 14.9 Å². The maximum atomic E-state index is 10.4. The van der Waals surface area contributed by atoms with Gasteiger partial charge in [-0.15, -0.1) is 0 Å². The van der Waals surface area contributed by atoms with E-state index in [1.165, 1.54) is 5.69 Å². The molecule has 1 aliphatic heterocycles. The number of aliphatic hydroxyl groups excluding tert-OH is 1. The van der Waals surface area contributed by atoms with Crippen molar-refractivity contribution in [1.29, 1.82) is 0 Å². The number of benzene rings is 1. The van der Waals surface area contributed by atoms with Gasteiger partial charge < -0.3 is 19.3 Å². The number of hydrogen-bond donors (Lipinski definition) is 1. The van der Waals surface area contributed by atoms with Crippen molar-refractivity contribution in [2.45, 2.75) is 13.0 Å². The first-order chi connectivity index (χ1) is 13.5. The first-order valence-corrected chi connectivity index (χ1v) is 9.65. The molecule has 1 unspecified atom stereocenters. The lowest BCUT2D eigenvalue weighted by molar-refractivity contribution is 0.0908. The molecule has 148 valence electrons. The molecule has 2 aromatic heterocycles. The Morgan fingerprint density at radius 1 is 1.11 bits per heavy atom. The van der Waals surface area contributed by atoms with Gasteiger partial charge in [0.15, 0.2) is 0 Å². The van der Waals surface area contributed by atoms with E-state index in [0.717, 1.165) is 48.7 Å². The van der Waals surface area contributed by atoms with Crippen LogP contribution < -0.4 is 9.80 Å². The maximum absolute atomic E-state index is 10.4. The number of anilines is 2. The molecular formula is C21H27N5O2. The molecule has 1 atom stereocenters. The van der Waals surface area contributed by atoms with Crippen molar-refractivity contribution in [2.24, 2.45) is 0 Å². The van der Waals surface area contributed by atoms with Crippen molar-refractivity contribution in [3.8, 4) is 0 Å². The molecule has 7 nitrogen and oxygen atoms in total. The smallest absolute Gasteiger partial charge is 0.139 e. The minimum Gasteiger partial charge on any atom is -0.464 e. The van der Waals surface area contributed by atoms with Crippen LogP contribution in [0.5, 0.6) is 0 Å². The molecule has 0 aliphatic carbocycles. The minimum atomic E-state index is -0.583. The Morgan fingerprint density at radius 2 is 1.89 bits per heavy atom. The van der Waals surface area contributed by atoms with E-state index >= 15 is 0 Å². The van der Waals surface area contributed by atoms with Crippen LogP contribution in [0.1, 0.15) is 17.6 Å². The van der Waals surface area contributed by atoms with Crippen LogP contribution in [0.25, 0.3) is 10.9 Å². The maximum Gasteiger partial charge on any atom is 0.139 e. The Hall–Kier alpha value is -2.64. The second-order valence-electron chi connectivity index (χ2n) is 7.55. The van der Waals surface area contributed by atoms with Gasteiger partial charge in [0, 0.05) is 57.9 Å². The summed E-state index contributed by atoms with van der Waals surface area (Å²) < 4.78 is 5.55. The number of aromatic nitrogens is 2. The summed E-state index contributed by atoms with van der Waals surface area (Å²) in [5.74, 6) is 2.41. The molecule has 28 heavy (non-hydrogen) atoms. The van der Waals surface area contributed by atoms with Gasteiger partial charge in [0.2, 0.25) is 0 Å². The van der Waals surface area contributed by atoms with Gasteiger partial charge in [0.05, 0.1) is 5.52 Å². The summed E-state index contributed by atoms with van der Waals surface area (Å²) in [6.45, 7) is 6.13. The Kier molecular flexibility index (Phi) is 5.19. The van der Waals surface area contributed by atoms with E-state index in [9.17, 15) is 5.11 Å². The number of furan rings is 1. The summed E-state index contributed by atoms with van der Waals surface area (Å²) in [5, 5.41) is 11.5. The van der Waals surface area contributed by atoms with Gasteiger partial charge in [-0.25, -0.2) is 9.97 Å². The topological polar surface area (TPSA) is 68.9 Å². The molecule has 1 aromatic carbocycles. The molecule has 3 aromatic rings. The van der Waals surface area contributed by atoms with Crippen molar-refractivity contribution < 1.29 is 9.52 Å². The van der Waals surface area contributed by atoms with Gasteiger partial charge in [-0.2, -0.15) is 0 Å². The van der Waals surface area contributed by atoms with Crippen LogP contribution in [0.4, 0.5) is 11.5 Å². The molecular weight excluding hydrogens is 354 g/mol. The second kappa shape index (κ2) is 7.77. The predicted molar refractivity (Wildman–Crippen MR) is 111 cm³/mol. The molecule has 4 rings (SSSR count). The molecule has 0 amide bonds. The van der Waals surface area contributed by atoms with Gasteiger partial charge in [-0.05, 0) is 37.3 Å². The summed E-state index contributed by atoms with van der Waals surface area (Å²) in [5.41, 5.74) is 2.14. The molecule has 3 heterocycles. The summed E-state index contributed by atoms with van der Waals surface area (Å²) in [4.78, 5) is 15.5. The van der Waals surface area contributed by atoms with Crippen LogP contribution in [0.2, 0.25) is 0 Å². The highest BCUT2D eigenvalue weighted by molar-refractivity contribution is 5.91. The molecule has 0 saturated carbocycles. The van der Waals surface area contributed by atoms with Gasteiger partial charge >= 0.3 is 0 Å². The average molecular weight is 381 g/mol. The fourth-order valence-corrected chi connectivity index (χ4v) is 3.74. The lowest BCUT2D eigenvalue weighted by Crippen LogP contribution is -2.47. The first kappa shape index (κ1) is 18.7. The van der Waals surface area contributed by atoms with Crippen molar-refractivity contribution in [2.75, 3.05) is 56.6 Å². The normalized spacial score (nSPS) is 16.5. The van der Waals surface area contributed by atoms with E-state index in [1.54, 1.807) is 6.33 Å². The monoisotopic (exact) mass is 381 g/mol. The predicted octanol–water partition coefficient (Wildman–Crippen LogP) is 2.45. The number of β-amino-alcohol motifs (C(OH)–C–C–N with tert-alkyl or cyclic N) is 1. The molecule has 1 saturated heterocycles. The molecule has 0 spiro atoms. The fraction of sp³-hybridized carbons (Fsp3) is 0.429. The van der Waals surface area contributed by atoms with Gasteiger partial charge in [0.25, 0.3) is 0 Å². The largest absolute Gasteiger partial charge is 0.464 e. The number of aryl methyl sites for hydroxylation is 1. The van der Waals surface area contributed by atoms with Crippen LogP contribution in [0, 0.1) is 6.92 Å². The lowest BCUT2D eigenvalue weighted by atomic mass is 10.1. The van der Waals surface area contributed by atoms with Gasteiger partial charge in [-0.1, -0.05) is 0 Å². The minimum absolute atomic E-state index is 0.583. The first-order valence-electron chi connectivity index (χ1n) is 9.65. The van der Waals surface area contributed by atoms with Gasteiger partial charge in [0.1, 0.15) is 29.8 Å². The molecule has 0 bridgehead atoms. The van der Waals surface area contributed by atoms with E-state index in [4.69, 9.17) is 4.42 Å². The molecule has 1 fully saturated rings. The molecule has 1 N–H and O–H groups in total. The van der Waals surface area contributed by atoms with Crippen LogP contribution in [0.3, 0.4) is 0 Å². The Morgan fingerprint density at radius 3 is 2.57 bits per heavy atom. The number of nitrogens with zero attached hydrogens (tertiary/aromatic N) is 5. The molecule has 7 heteroatoms. The second-order valence-corrected chi connectivity index (χ2v) is 7.55. The van der Waals surface area contributed by atoms with Crippen molar-refractivity contribution in [3.63, 3.8) is 0 Å². The summed E-state index contributed by atoms with van der Waals surface area (Å²) in [6.07, 6.45) is 1.03. The van der Waals surface area contributed by atoms with Crippen LogP contribution in [-0.2, 0) is 0 Å². The highest BCUT2D eigenvalue weighted by Crippen LogP contribution is 2.27. The SMILES string of the molecule is Cc1ccc(C(O)CN2CCN(c3ccc4ncnc(N(C)C)c4c3)CC2)o1. The Balaban J connectivity index is 1.43. The van der Waals surface area contributed by atoms with E-state index in [-0.39, 0.29) is 0 Å². The summed E-state index contributed by atoms with van der Waals surface area (Å²) >= 11 is 0. The summed E-state index contributed by atoms with van der Waals surface area (Å²) in [7, 11) is 4.00. The number of hydrogen-bond acceptors (Lipinski definition) is 7. The van der Waals surface area contributed by atoms with E-state index < -0.39 is 6.10 Å². The van der Waals surface area contributed by atoms with Crippen LogP contribution in [-0.4, -0.2) is 66.8 Å². The van der Waals surface area contributed by atoms with E-state index in [2.05, 4.69) is 38.0 Å². The third-order valence-electron chi connectivity index (χ3n) is 5.28. The standard InChI is InChI=1S/C21H27N5O2/c1-15-4-7-20(28-15)19(27)13-25-8-10-26(11-9-25)16-5-6-18-17(12-16)21(24(2)3)23-14-22-18/h4-7,12,14,19,27H,8-11,13H2,1-3H3. The van der Waals surface area contributed by atoms with Crippen LogP contribution >= 0.6 is 0 Å². The Labute approximate surface area is 165 Å². The fourth-order valence-electron chi connectivity index (χ4n) is 3.74. The zero-order valence-electron chi connectivity index (χ0n) is 16.7. The zero-order valence-corrected chi connectivity index (χ0v) is 16.7. The zero-order chi connectivity index (χ0) is 19.7. The highest BCUT2D eigenvalue weighted by Gasteiger charge is 2.22. The van der Waals surface area contributed by atoms with E-state index in [1.807, 2.05) is 38.1 Å². The summed E-state index contributed by atoms with van der Waals surface area (Å²) in [6, 6.07) is 10.1. The number of aliphatic hydroxyl groups is 1. The highest BCUT2D eigenvalue weighted by atomic mass is 16.4. The van der Waals surface area contributed by atoms with Crippen molar-refractivity contribution in [3.05, 3.63) is 48.2 Å². The third kappa shape index (κ3) is 3.81. The van der Waals surface area contributed by atoms with Crippen LogP contribution in [0.15, 0.2) is 41.1 Å². The third-order valence-corrected chi connectivity index (χ3v) is 5.28. The average Bonchev–Trinajstić information content (AvgIpc) is 3.14. The number of fused-ring (bicyclic) bond motifs is 1. The lowest BCUT2D eigenvalue weighted by Gasteiger charge is -2.36. The number of piperazine rings is 1. The Bertz CT molecular complexity index is 947. The number of rotatable bonds is 5. The van der Waals surface area contributed by atoms with Crippen molar-refractivity contribution >= 4 is 22.4 Å². The molecule has 0 radical (unpaired) electrons. The molecule has 1 aliphatic rings. The van der Waals surface area contributed by atoms with Gasteiger partial charge in [-0.3, -0.25) is 4.90 Å².